The first-order valence-electron chi connectivity index (χ1n) is 8.34. The van der Waals surface area contributed by atoms with Crippen LogP contribution in [0.25, 0.3) is 0 Å². The van der Waals surface area contributed by atoms with Crippen LogP contribution in [0, 0.1) is 10.1 Å². The smallest absolute Gasteiger partial charge is 0.288 e. The average Bonchev–Trinajstić information content (AvgIpc) is 2.69. The van der Waals surface area contributed by atoms with Crippen LogP contribution in [0.1, 0.15) is 22.1 Å². The van der Waals surface area contributed by atoms with Crippen molar-refractivity contribution < 1.29 is 9.72 Å². The molecular weight excluding hydrogens is 401 g/mol. The second kappa shape index (κ2) is 7.14. The predicted octanol–water partition coefficient (Wildman–Crippen LogP) is 5.67. The van der Waals surface area contributed by atoms with Gasteiger partial charge in [-0.1, -0.05) is 41.4 Å². The molecule has 1 aliphatic rings. The van der Waals surface area contributed by atoms with Gasteiger partial charge in [-0.15, -0.1) is 0 Å². The minimum Gasteiger partial charge on any atom is -0.360 e. The quantitative estimate of drug-likeness (QED) is 0.443. The molecule has 4 rings (SSSR count). The van der Waals surface area contributed by atoms with E-state index in [2.05, 4.69) is 5.32 Å². The van der Waals surface area contributed by atoms with E-state index < -0.39 is 11.1 Å². The number of amides is 1. The van der Waals surface area contributed by atoms with Gasteiger partial charge in [-0.25, -0.2) is 0 Å². The molecule has 140 valence electrons. The summed E-state index contributed by atoms with van der Waals surface area (Å²) >= 11 is 11.9. The van der Waals surface area contributed by atoms with Crippen molar-refractivity contribution in [3.8, 4) is 0 Å². The molecule has 0 saturated heterocycles. The van der Waals surface area contributed by atoms with E-state index >= 15 is 0 Å². The Bertz CT molecular complexity index is 1090. The third-order valence-electron chi connectivity index (χ3n) is 4.51. The normalized spacial score (nSPS) is 15.7. The summed E-state index contributed by atoms with van der Waals surface area (Å²) in [6, 6.07) is 18.5. The van der Waals surface area contributed by atoms with Gasteiger partial charge in [-0.3, -0.25) is 19.8 Å². The highest BCUT2D eigenvalue weighted by Gasteiger charge is 2.34. The molecule has 0 aliphatic carbocycles. The van der Waals surface area contributed by atoms with E-state index in [9.17, 15) is 14.9 Å². The molecule has 0 spiro atoms. The second-order valence-electron chi connectivity index (χ2n) is 6.21. The lowest BCUT2D eigenvalue weighted by atomic mass is 10.0. The number of rotatable bonds is 3. The molecule has 6 nitrogen and oxygen atoms in total. The van der Waals surface area contributed by atoms with Gasteiger partial charge in [0.1, 0.15) is 11.2 Å². The van der Waals surface area contributed by atoms with Crippen LogP contribution >= 0.6 is 23.2 Å². The molecule has 1 unspecified atom stereocenters. The number of halogens is 2. The monoisotopic (exact) mass is 413 g/mol. The molecule has 1 heterocycles. The first-order valence-corrected chi connectivity index (χ1v) is 9.10. The Morgan fingerprint density at radius 3 is 2.43 bits per heavy atom. The summed E-state index contributed by atoms with van der Waals surface area (Å²) in [5, 5.41) is 15.2. The number of nitrogens with one attached hydrogen (secondary N) is 1. The highest BCUT2D eigenvalue weighted by Crippen LogP contribution is 2.38. The lowest BCUT2D eigenvalue weighted by molar-refractivity contribution is -0.384. The zero-order chi connectivity index (χ0) is 19.8. The number of para-hydroxylation sites is 1. The number of hydrogen-bond acceptors (Lipinski definition) is 4. The first kappa shape index (κ1) is 18.3. The van der Waals surface area contributed by atoms with Crippen LogP contribution in [-0.2, 0) is 0 Å². The fourth-order valence-electron chi connectivity index (χ4n) is 3.19. The van der Waals surface area contributed by atoms with Gasteiger partial charge < -0.3 is 5.32 Å². The summed E-state index contributed by atoms with van der Waals surface area (Å²) in [7, 11) is 0. The van der Waals surface area contributed by atoms with Gasteiger partial charge in [0, 0.05) is 28.0 Å². The minimum absolute atomic E-state index is 0.0364. The molecule has 1 amide bonds. The topological polar surface area (TPSA) is 75.5 Å². The molecule has 0 fully saturated rings. The van der Waals surface area contributed by atoms with Crippen molar-refractivity contribution in [2.24, 2.45) is 0 Å². The van der Waals surface area contributed by atoms with E-state index in [4.69, 9.17) is 23.2 Å². The summed E-state index contributed by atoms with van der Waals surface area (Å²) < 4.78 is 0. The number of anilines is 2. The SMILES string of the molecule is O=C1c2ccccc2NC(c2ccc(Cl)c([N+](=O)[O-])c2)N1c1ccc(Cl)cc1. The molecule has 1 N–H and O–H groups in total. The second-order valence-corrected chi connectivity index (χ2v) is 7.06. The Morgan fingerprint density at radius 1 is 1.00 bits per heavy atom. The van der Waals surface area contributed by atoms with Crippen molar-refractivity contribution in [2.45, 2.75) is 6.17 Å². The van der Waals surface area contributed by atoms with Crippen LogP contribution in [0.2, 0.25) is 10.0 Å². The van der Waals surface area contributed by atoms with Gasteiger partial charge in [-0.2, -0.15) is 0 Å². The minimum atomic E-state index is -0.653. The Morgan fingerprint density at radius 2 is 1.71 bits per heavy atom. The number of nitro groups is 1. The number of nitro benzene ring substituents is 1. The van der Waals surface area contributed by atoms with E-state index in [1.165, 1.54) is 12.1 Å². The third-order valence-corrected chi connectivity index (χ3v) is 5.09. The van der Waals surface area contributed by atoms with Gasteiger partial charge >= 0.3 is 0 Å². The molecule has 0 aromatic heterocycles. The van der Waals surface area contributed by atoms with Gasteiger partial charge in [-0.05, 0) is 42.5 Å². The van der Waals surface area contributed by atoms with Crippen LogP contribution in [0.5, 0.6) is 0 Å². The van der Waals surface area contributed by atoms with E-state index in [1.54, 1.807) is 53.4 Å². The van der Waals surface area contributed by atoms with Crippen molar-refractivity contribution in [1.82, 2.24) is 0 Å². The van der Waals surface area contributed by atoms with E-state index in [-0.39, 0.29) is 16.6 Å². The number of fused-ring (bicyclic) bond motifs is 1. The van der Waals surface area contributed by atoms with Gasteiger partial charge in [0.2, 0.25) is 0 Å². The maximum atomic E-state index is 13.3. The standard InChI is InChI=1S/C20H13Cl2N3O3/c21-13-6-8-14(9-7-13)24-19(12-5-10-16(22)18(11-12)25(27)28)23-17-4-2-1-3-15(17)20(24)26/h1-11,19,23H. The number of carbonyl (C=O) groups is 1. The molecular formula is C20H13Cl2N3O3. The molecule has 0 radical (unpaired) electrons. The van der Waals surface area contributed by atoms with E-state index in [1.807, 2.05) is 6.07 Å². The third kappa shape index (κ3) is 3.17. The van der Waals surface area contributed by atoms with Crippen molar-refractivity contribution in [2.75, 3.05) is 10.2 Å². The van der Waals surface area contributed by atoms with E-state index in [0.29, 0.717) is 27.5 Å². The molecule has 28 heavy (non-hydrogen) atoms. The average molecular weight is 414 g/mol. The zero-order valence-corrected chi connectivity index (χ0v) is 15.8. The lowest BCUT2D eigenvalue weighted by Gasteiger charge is -2.38. The van der Waals surface area contributed by atoms with Gasteiger partial charge in [0.15, 0.2) is 0 Å². The highest BCUT2D eigenvalue weighted by atomic mass is 35.5. The van der Waals surface area contributed by atoms with Crippen LogP contribution in [0.4, 0.5) is 17.1 Å². The Labute approximate surface area is 170 Å². The molecule has 1 atom stereocenters. The Hall–Kier alpha value is -3.09. The maximum Gasteiger partial charge on any atom is 0.288 e. The largest absolute Gasteiger partial charge is 0.360 e. The van der Waals surface area contributed by atoms with Gasteiger partial charge in [0.25, 0.3) is 11.6 Å². The van der Waals surface area contributed by atoms with Crippen molar-refractivity contribution >= 4 is 46.2 Å². The molecule has 0 saturated carbocycles. The highest BCUT2D eigenvalue weighted by molar-refractivity contribution is 6.32. The van der Waals surface area contributed by atoms with Crippen LogP contribution in [0.15, 0.2) is 66.7 Å². The lowest BCUT2D eigenvalue weighted by Crippen LogP contribution is -2.43. The number of carbonyl (C=O) groups excluding carboxylic acids is 1. The fraction of sp³-hybridized carbons (Fsp3) is 0.0500. The fourth-order valence-corrected chi connectivity index (χ4v) is 3.51. The van der Waals surface area contributed by atoms with Gasteiger partial charge in [0.05, 0.1) is 10.5 Å². The zero-order valence-electron chi connectivity index (χ0n) is 14.3. The summed E-state index contributed by atoms with van der Waals surface area (Å²) in [5.74, 6) is -0.223. The summed E-state index contributed by atoms with van der Waals surface area (Å²) in [5.41, 5.74) is 2.09. The van der Waals surface area contributed by atoms with Crippen LogP contribution < -0.4 is 10.2 Å². The number of hydrogen-bond donors (Lipinski definition) is 1. The number of benzene rings is 3. The van der Waals surface area contributed by atoms with Crippen molar-refractivity contribution in [3.05, 3.63) is 98.0 Å². The summed E-state index contributed by atoms with van der Waals surface area (Å²) in [6.45, 7) is 0. The summed E-state index contributed by atoms with van der Waals surface area (Å²) in [4.78, 5) is 25.6. The molecule has 1 aliphatic heterocycles. The van der Waals surface area contributed by atoms with Crippen LogP contribution in [0.3, 0.4) is 0 Å². The predicted molar refractivity (Wildman–Crippen MR) is 109 cm³/mol. The molecule has 8 heteroatoms. The molecule has 3 aromatic carbocycles. The summed E-state index contributed by atoms with van der Waals surface area (Å²) in [6.07, 6.45) is -0.653. The Kier molecular flexibility index (Phi) is 4.66. The maximum absolute atomic E-state index is 13.3. The molecule has 0 bridgehead atoms. The molecule has 3 aromatic rings. The number of nitrogens with zero attached hydrogens (tertiary/aromatic N) is 2. The van der Waals surface area contributed by atoms with Crippen molar-refractivity contribution in [3.63, 3.8) is 0 Å². The van der Waals surface area contributed by atoms with E-state index in [0.717, 1.165) is 0 Å². The Balaban J connectivity index is 1.87. The first-order chi connectivity index (χ1) is 13.5. The van der Waals surface area contributed by atoms with Crippen LogP contribution in [-0.4, -0.2) is 10.8 Å². The van der Waals surface area contributed by atoms with Crippen molar-refractivity contribution in [1.29, 1.82) is 0 Å².